The zero-order chi connectivity index (χ0) is 17.3. The lowest BCUT2D eigenvalue weighted by Gasteiger charge is -2.37. The third kappa shape index (κ3) is 2.91. The minimum Gasteiger partial charge on any atom is -0.493 e. The summed E-state index contributed by atoms with van der Waals surface area (Å²) in [7, 11) is 3.18. The fraction of sp³-hybridized carbons (Fsp3) is 0.529. The van der Waals surface area contributed by atoms with Crippen LogP contribution in [0.3, 0.4) is 0 Å². The molecule has 2 aromatic rings. The molecule has 0 radical (unpaired) electrons. The highest BCUT2D eigenvalue weighted by Crippen LogP contribution is 2.35. The molecule has 0 bridgehead atoms. The number of aliphatic hydroxyl groups is 1. The molecular weight excluding hydrogens is 308 g/mol. The van der Waals surface area contributed by atoms with E-state index in [1.165, 1.54) is 0 Å². The Kier molecular flexibility index (Phi) is 4.62. The quantitative estimate of drug-likeness (QED) is 0.882. The fourth-order valence-corrected chi connectivity index (χ4v) is 3.33. The normalized spacial score (nSPS) is 21.1. The standard InChI is InChI=1S/C17H24N4O3/c1-10-6-11(9-22)4-5-21(10)17-19-13-8-15(24-3)14(23-2)7-12(13)16(18)20-17/h7-8,10-11,22H,4-6,9H2,1-3H3,(H2,18,19,20)/t10-,11-/m1/s1. The molecule has 0 spiro atoms. The molecule has 2 heterocycles. The maximum atomic E-state index is 9.36. The molecule has 3 N–H and O–H groups in total. The Morgan fingerprint density at radius 2 is 1.96 bits per heavy atom. The van der Waals surface area contributed by atoms with Crippen LogP contribution in [0.25, 0.3) is 10.9 Å². The first-order chi connectivity index (χ1) is 11.6. The third-order valence-corrected chi connectivity index (χ3v) is 4.72. The molecule has 1 fully saturated rings. The Hall–Kier alpha value is -2.28. The average Bonchev–Trinajstić information content (AvgIpc) is 2.60. The molecule has 3 rings (SSSR count). The predicted octanol–water partition coefficient (Wildman–Crippen LogP) is 1.83. The van der Waals surface area contributed by atoms with Crippen LogP contribution in [0.15, 0.2) is 12.1 Å². The van der Waals surface area contributed by atoms with Crippen LogP contribution in [0.4, 0.5) is 11.8 Å². The van der Waals surface area contributed by atoms with Gasteiger partial charge in [0.2, 0.25) is 5.95 Å². The SMILES string of the molecule is COc1cc2nc(N3CC[C@@H](CO)C[C@H]3C)nc(N)c2cc1OC. The molecule has 0 amide bonds. The van der Waals surface area contributed by atoms with Crippen molar-refractivity contribution < 1.29 is 14.6 Å². The summed E-state index contributed by atoms with van der Waals surface area (Å²) in [6.45, 7) is 3.17. The maximum absolute atomic E-state index is 9.36. The average molecular weight is 332 g/mol. The number of anilines is 2. The lowest BCUT2D eigenvalue weighted by molar-refractivity contribution is 0.190. The smallest absolute Gasteiger partial charge is 0.228 e. The number of aromatic nitrogens is 2. The summed E-state index contributed by atoms with van der Waals surface area (Å²) in [6, 6.07) is 3.88. The van der Waals surface area contributed by atoms with Gasteiger partial charge in [0.25, 0.3) is 0 Å². The van der Waals surface area contributed by atoms with Crippen molar-refractivity contribution in [3.8, 4) is 11.5 Å². The summed E-state index contributed by atoms with van der Waals surface area (Å²) in [5.74, 6) is 2.60. The molecule has 7 heteroatoms. The molecular formula is C17H24N4O3. The van der Waals surface area contributed by atoms with Gasteiger partial charge in [0, 0.05) is 30.6 Å². The van der Waals surface area contributed by atoms with Crippen molar-refractivity contribution in [2.75, 3.05) is 38.0 Å². The van der Waals surface area contributed by atoms with E-state index in [1.54, 1.807) is 20.3 Å². The Morgan fingerprint density at radius 1 is 1.25 bits per heavy atom. The molecule has 1 aliphatic heterocycles. The van der Waals surface area contributed by atoms with Gasteiger partial charge in [0.05, 0.1) is 19.7 Å². The van der Waals surface area contributed by atoms with Crippen LogP contribution in [0.5, 0.6) is 11.5 Å². The topological polar surface area (TPSA) is 93.7 Å². The van der Waals surface area contributed by atoms with Gasteiger partial charge in [-0.25, -0.2) is 4.98 Å². The number of aliphatic hydroxyl groups excluding tert-OH is 1. The molecule has 7 nitrogen and oxygen atoms in total. The van der Waals surface area contributed by atoms with Crippen molar-refractivity contribution >= 4 is 22.7 Å². The van der Waals surface area contributed by atoms with E-state index >= 15 is 0 Å². The summed E-state index contributed by atoms with van der Waals surface area (Å²) in [4.78, 5) is 11.3. The van der Waals surface area contributed by atoms with Gasteiger partial charge in [-0.05, 0) is 31.7 Å². The van der Waals surface area contributed by atoms with Gasteiger partial charge in [-0.15, -0.1) is 0 Å². The molecule has 130 valence electrons. The molecule has 0 aliphatic carbocycles. The van der Waals surface area contributed by atoms with Gasteiger partial charge >= 0.3 is 0 Å². The Balaban J connectivity index is 2.01. The van der Waals surface area contributed by atoms with E-state index in [0.717, 1.165) is 30.3 Å². The summed E-state index contributed by atoms with van der Waals surface area (Å²) in [5.41, 5.74) is 6.89. The predicted molar refractivity (Wildman–Crippen MR) is 93.7 cm³/mol. The van der Waals surface area contributed by atoms with E-state index in [9.17, 15) is 5.11 Å². The second-order valence-electron chi connectivity index (χ2n) is 6.25. The molecule has 0 saturated carbocycles. The third-order valence-electron chi connectivity index (χ3n) is 4.72. The van der Waals surface area contributed by atoms with E-state index in [-0.39, 0.29) is 12.6 Å². The van der Waals surface area contributed by atoms with Crippen molar-refractivity contribution in [3.05, 3.63) is 12.1 Å². The van der Waals surface area contributed by atoms with Crippen molar-refractivity contribution in [1.82, 2.24) is 9.97 Å². The minimum atomic E-state index is 0.232. The molecule has 1 aromatic carbocycles. The van der Waals surface area contributed by atoms with Crippen LogP contribution in [0, 0.1) is 5.92 Å². The summed E-state index contributed by atoms with van der Waals surface area (Å²) >= 11 is 0. The zero-order valence-electron chi connectivity index (χ0n) is 14.3. The molecule has 1 aliphatic rings. The Morgan fingerprint density at radius 3 is 2.58 bits per heavy atom. The number of nitrogens with zero attached hydrogens (tertiary/aromatic N) is 3. The monoisotopic (exact) mass is 332 g/mol. The van der Waals surface area contributed by atoms with Crippen LogP contribution in [0.1, 0.15) is 19.8 Å². The first kappa shape index (κ1) is 16.6. The number of nitrogens with two attached hydrogens (primary N) is 1. The lowest BCUT2D eigenvalue weighted by atomic mass is 9.92. The van der Waals surface area contributed by atoms with Gasteiger partial charge < -0.3 is 25.2 Å². The highest BCUT2D eigenvalue weighted by atomic mass is 16.5. The Labute approximate surface area is 141 Å². The van der Waals surface area contributed by atoms with E-state index < -0.39 is 0 Å². The first-order valence-electron chi connectivity index (χ1n) is 8.14. The number of hydrogen-bond donors (Lipinski definition) is 2. The van der Waals surface area contributed by atoms with Gasteiger partial charge in [0.15, 0.2) is 11.5 Å². The van der Waals surface area contributed by atoms with Crippen LogP contribution >= 0.6 is 0 Å². The molecule has 1 aromatic heterocycles. The van der Waals surface area contributed by atoms with Crippen LogP contribution in [-0.4, -0.2) is 48.5 Å². The van der Waals surface area contributed by atoms with Crippen LogP contribution in [0.2, 0.25) is 0 Å². The molecule has 2 atom stereocenters. The maximum Gasteiger partial charge on any atom is 0.228 e. The number of nitrogen functional groups attached to an aromatic ring is 1. The van der Waals surface area contributed by atoms with Crippen molar-refractivity contribution in [2.24, 2.45) is 5.92 Å². The summed E-state index contributed by atoms with van der Waals surface area (Å²) < 4.78 is 10.7. The lowest BCUT2D eigenvalue weighted by Crippen LogP contribution is -2.42. The summed E-state index contributed by atoms with van der Waals surface area (Å²) in [5, 5.41) is 10.1. The number of fused-ring (bicyclic) bond motifs is 1. The Bertz CT molecular complexity index is 737. The number of benzene rings is 1. The zero-order valence-corrected chi connectivity index (χ0v) is 14.3. The highest BCUT2D eigenvalue weighted by molar-refractivity contribution is 5.91. The molecule has 24 heavy (non-hydrogen) atoms. The number of piperidine rings is 1. The van der Waals surface area contributed by atoms with Crippen LogP contribution in [-0.2, 0) is 0 Å². The fourth-order valence-electron chi connectivity index (χ4n) is 3.33. The van der Waals surface area contributed by atoms with Gasteiger partial charge in [-0.3, -0.25) is 0 Å². The van der Waals surface area contributed by atoms with Gasteiger partial charge in [0.1, 0.15) is 5.82 Å². The second-order valence-corrected chi connectivity index (χ2v) is 6.25. The van der Waals surface area contributed by atoms with Crippen molar-refractivity contribution in [2.45, 2.75) is 25.8 Å². The second kappa shape index (κ2) is 6.68. The van der Waals surface area contributed by atoms with E-state index in [0.29, 0.717) is 29.2 Å². The van der Waals surface area contributed by atoms with Gasteiger partial charge in [-0.2, -0.15) is 4.98 Å². The molecule has 1 saturated heterocycles. The van der Waals surface area contributed by atoms with Crippen LogP contribution < -0.4 is 20.1 Å². The number of methoxy groups -OCH3 is 2. The largest absolute Gasteiger partial charge is 0.493 e. The van der Waals surface area contributed by atoms with E-state index in [1.807, 2.05) is 6.07 Å². The molecule has 0 unspecified atom stereocenters. The minimum absolute atomic E-state index is 0.232. The van der Waals surface area contributed by atoms with Crippen molar-refractivity contribution in [3.63, 3.8) is 0 Å². The van der Waals surface area contributed by atoms with Gasteiger partial charge in [-0.1, -0.05) is 0 Å². The van der Waals surface area contributed by atoms with Crippen molar-refractivity contribution in [1.29, 1.82) is 0 Å². The summed E-state index contributed by atoms with van der Waals surface area (Å²) in [6.07, 6.45) is 1.85. The number of hydrogen-bond acceptors (Lipinski definition) is 7. The highest BCUT2D eigenvalue weighted by Gasteiger charge is 2.27. The first-order valence-corrected chi connectivity index (χ1v) is 8.14. The van der Waals surface area contributed by atoms with E-state index in [4.69, 9.17) is 15.2 Å². The number of ether oxygens (including phenoxy) is 2. The van der Waals surface area contributed by atoms with E-state index in [2.05, 4.69) is 21.8 Å². The number of rotatable bonds is 4.